The molecule has 3 aromatic rings. The van der Waals surface area contributed by atoms with Crippen LogP contribution in [0, 0.1) is 5.82 Å². The van der Waals surface area contributed by atoms with E-state index < -0.39 is 11.6 Å². The molecule has 0 saturated heterocycles. The number of halogens is 1. The molecule has 0 aliphatic rings. The first-order chi connectivity index (χ1) is 9.11. The first kappa shape index (κ1) is 11.4. The molecule has 1 aromatic carbocycles. The van der Waals surface area contributed by atoms with Crippen molar-refractivity contribution in [3.63, 3.8) is 0 Å². The molecule has 0 spiro atoms. The minimum Gasteiger partial charge on any atom is -0.405 e. The van der Waals surface area contributed by atoms with E-state index in [0.29, 0.717) is 28.6 Å². The molecular formula is C12H8FN3O3. The molecule has 3 rings (SSSR count). The number of hydrogen-bond acceptors (Lipinski definition) is 4. The predicted octanol–water partition coefficient (Wildman–Crippen LogP) is 1.47. The second-order valence-electron chi connectivity index (χ2n) is 4.05. The lowest BCUT2D eigenvalue weighted by Crippen LogP contribution is -2.08. The summed E-state index contributed by atoms with van der Waals surface area (Å²) in [4.78, 5) is 22.2. The largest absolute Gasteiger partial charge is 0.419 e. The van der Waals surface area contributed by atoms with Crippen molar-refractivity contribution < 1.29 is 13.6 Å². The van der Waals surface area contributed by atoms with E-state index in [2.05, 4.69) is 10.2 Å². The quantitative estimate of drug-likeness (QED) is 0.708. The Morgan fingerprint density at radius 3 is 3.00 bits per heavy atom. The fourth-order valence-corrected chi connectivity index (χ4v) is 1.94. The minimum absolute atomic E-state index is 0.108. The maximum atomic E-state index is 13.9. The molecular weight excluding hydrogens is 253 g/mol. The first-order valence-electron chi connectivity index (χ1n) is 5.40. The lowest BCUT2D eigenvalue weighted by Gasteiger charge is -2.01. The zero-order chi connectivity index (χ0) is 13.6. The third-order valence-corrected chi connectivity index (χ3v) is 2.93. The van der Waals surface area contributed by atoms with Gasteiger partial charge >= 0.3 is 5.76 Å². The molecule has 0 fully saturated rings. The average molecular weight is 261 g/mol. The van der Waals surface area contributed by atoms with Crippen LogP contribution in [0.1, 0.15) is 10.4 Å². The summed E-state index contributed by atoms with van der Waals surface area (Å²) in [6.45, 7) is 0. The summed E-state index contributed by atoms with van der Waals surface area (Å²) in [5.41, 5.74) is 1.33. The first-order valence-corrected chi connectivity index (χ1v) is 5.40. The topological polar surface area (TPSA) is 80.9 Å². The molecule has 2 aromatic heterocycles. The Morgan fingerprint density at radius 2 is 2.26 bits per heavy atom. The third kappa shape index (κ3) is 1.59. The van der Waals surface area contributed by atoms with Crippen LogP contribution < -0.4 is 5.76 Å². The highest BCUT2D eigenvalue weighted by Crippen LogP contribution is 2.26. The van der Waals surface area contributed by atoms with Crippen LogP contribution in [0.25, 0.3) is 22.4 Å². The predicted molar refractivity (Wildman–Crippen MR) is 64.4 cm³/mol. The minimum atomic E-state index is -0.670. The second kappa shape index (κ2) is 3.91. The summed E-state index contributed by atoms with van der Waals surface area (Å²) in [6, 6.07) is 2.75. The van der Waals surface area contributed by atoms with E-state index in [0.717, 1.165) is 0 Å². The van der Waals surface area contributed by atoms with Gasteiger partial charge in [0.2, 0.25) is 0 Å². The number of aromatic nitrogens is 3. The molecule has 96 valence electrons. The number of aldehydes is 1. The number of carbonyl (C=O) groups is 1. The summed E-state index contributed by atoms with van der Waals surface area (Å²) >= 11 is 0. The van der Waals surface area contributed by atoms with Crippen LogP contribution in [-0.2, 0) is 7.05 Å². The van der Waals surface area contributed by atoms with Crippen molar-refractivity contribution in [3.8, 4) is 11.3 Å². The lowest BCUT2D eigenvalue weighted by atomic mass is 10.1. The molecule has 0 radical (unpaired) electrons. The molecule has 1 N–H and O–H groups in total. The Labute approximate surface area is 105 Å². The van der Waals surface area contributed by atoms with E-state index in [1.165, 1.54) is 23.9 Å². The average Bonchev–Trinajstić information content (AvgIpc) is 2.97. The SMILES string of the molecule is Cn1c(=O)oc2c(F)cc(-c3[nH]ncc3C=O)cc21. The fourth-order valence-electron chi connectivity index (χ4n) is 1.94. The number of benzene rings is 1. The van der Waals surface area contributed by atoms with E-state index in [1.54, 1.807) is 6.07 Å². The number of aromatic amines is 1. The van der Waals surface area contributed by atoms with Crippen LogP contribution in [0.15, 0.2) is 27.5 Å². The number of H-pyrrole nitrogens is 1. The zero-order valence-electron chi connectivity index (χ0n) is 9.81. The zero-order valence-corrected chi connectivity index (χ0v) is 9.81. The van der Waals surface area contributed by atoms with Gasteiger partial charge in [0, 0.05) is 12.6 Å². The van der Waals surface area contributed by atoms with E-state index in [9.17, 15) is 14.0 Å². The Balaban J connectivity index is 2.35. The van der Waals surface area contributed by atoms with Crippen molar-refractivity contribution in [2.24, 2.45) is 7.05 Å². The van der Waals surface area contributed by atoms with Gasteiger partial charge < -0.3 is 4.42 Å². The molecule has 0 atom stereocenters. The molecule has 19 heavy (non-hydrogen) atoms. The van der Waals surface area contributed by atoms with Gasteiger partial charge in [-0.25, -0.2) is 9.18 Å². The van der Waals surface area contributed by atoms with Crippen molar-refractivity contribution in [2.75, 3.05) is 0 Å². The van der Waals surface area contributed by atoms with E-state index in [-0.39, 0.29) is 5.58 Å². The van der Waals surface area contributed by atoms with Crippen LogP contribution in [0.2, 0.25) is 0 Å². The number of aryl methyl sites for hydroxylation is 1. The number of carbonyl (C=O) groups excluding carboxylic acids is 1. The highest BCUT2D eigenvalue weighted by Gasteiger charge is 2.15. The fraction of sp³-hybridized carbons (Fsp3) is 0.0833. The number of nitrogens with zero attached hydrogens (tertiary/aromatic N) is 2. The van der Waals surface area contributed by atoms with E-state index in [4.69, 9.17) is 4.42 Å². The number of oxazole rings is 1. The highest BCUT2D eigenvalue weighted by molar-refractivity contribution is 5.88. The van der Waals surface area contributed by atoms with Gasteiger partial charge in [-0.2, -0.15) is 5.10 Å². The molecule has 0 amide bonds. The molecule has 0 aliphatic carbocycles. The Bertz CT molecular complexity index is 844. The summed E-state index contributed by atoms with van der Waals surface area (Å²) < 4.78 is 19.9. The summed E-state index contributed by atoms with van der Waals surface area (Å²) in [5.74, 6) is -1.32. The van der Waals surface area contributed by atoms with Crippen LogP contribution in [0.5, 0.6) is 0 Å². The lowest BCUT2D eigenvalue weighted by molar-refractivity contribution is 0.112. The van der Waals surface area contributed by atoms with Gasteiger partial charge in [0.1, 0.15) is 0 Å². The molecule has 0 bridgehead atoms. The Morgan fingerprint density at radius 1 is 1.47 bits per heavy atom. The number of nitrogens with one attached hydrogen (secondary N) is 1. The van der Waals surface area contributed by atoms with Crippen molar-refractivity contribution in [2.45, 2.75) is 0 Å². The summed E-state index contributed by atoms with van der Waals surface area (Å²) in [7, 11) is 1.48. The maximum Gasteiger partial charge on any atom is 0.419 e. The standard InChI is InChI=1S/C12H8FN3O3/c1-16-9-3-6(10-7(5-17)4-14-15-10)2-8(13)11(9)19-12(16)18/h2-5H,1H3,(H,14,15). The maximum absolute atomic E-state index is 13.9. The second-order valence-corrected chi connectivity index (χ2v) is 4.05. The monoisotopic (exact) mass is 261 g/mol. The van der Waals surface area contributed by atoms with Crippen LogP contribution in [-0.4, -0.2) is 21.1 Å². The van der Waals surface area contributed by atoms with Gasteiger partial charge in [-0.15, -0.1) is 0 Å². The molecule has 7 heteroatoms. The van der Waals surface area contributed by atoms with Crippen LogP contribution in [0.4, 0.5) is 4.39 Å². The number of hydrogen-bond donors (Lipinski definition) is 1. The number of fused-ring (bicyclic) bond motifs is 1. The van der Waals surface area contributed by atoms with E-state index >= 15 is 0 Å². The van der Waals surface area contributed by atoms with Gasteiger partial charge in [0.25, 0.3) is 0 Å². The smallest absolute Gasteiger partial charge is 0.405 e. The van der Waals surface area contributed by atoms with Gasteiger partial charge in [0.05, 0.1) is 23.0 Å². The molecule has 2 heterocycles. The molecule has 0 unspecified atom stereocenters. The van der Waals surface area contributed by atoms with Gasteiger partial charge in [-0.1, -0.05) is 0 Å². The van der Waals surface area contributed by atoms with Gasteiger partial charge in [-0.05, 0) is 12.1 Å². The summed E-state index contributed by atoms with van der Waals surface area (Å²) in [6.07, 6.45) is 1.97. The van der Waals surface area contributed by atoms with Gasteiger partial charge in [0.15, 0.2) is 17.7 Å². The van der Waals surface area contributed by atoms with Crippen molar-refractivity contribution >= 4 is 17.4 Å². The van der Waals surface area contributed by atoms with Crippen molar-refractivity contribution in [3.05, 3.63) is 40.3 Å². The highest BCUT2D eigenvalue weighted by atomic mass is 19.1. The Hall–Kier alpha value is -2.70. The normalized spacial score (nSPS) is 11.1. The summed E-state index contributed by atoms with van der Waals surface area (Å²) in [5, 5.41) is 6.36. The molecule has 0 aliphatic heterocycles. The van der Waals surface area contributed by atoms with Gasteiger partial charge in [-0.3, -0.25) is 14.5 Å². The Kier molecular flexibility index (Phi) is 2.34. The van der Waals surface area contributed by atoms with Crippen molar-refractivity contribution in [1.82, 2.24) is 14.8 Å². The third-order valence-electron chi connectivity index (χ3n) is 2.93. The van der Waals surface area contributed by atoms with Crippen molar-refractivity contribution in [1.29, 1.82) is 0 Å². The van der Waals surface area contributed by atoms with E-state index in [1.807, 2.05) is 0 Å². The van der Waals surface area contributed by atoms with Crippen LogP contribution in [0.3, 0.4) is 0 Å². The molecule has 0 saturated carbocycles. The molecule has 6 nitrogen and oxygen atoms in total. The number of rotatable bonds is 2. The van der Waals surface area contributed by atoms with Crippen LogP contribution >= 0.6 is 0 Å².